The van der Waals surface area contributed by atoms with Gasteiger partial charge in [0.15, 0.2) is 0 Å². The Balaban J connectivity index is 3.08. The minimum atomic E-state index is -1.19. The number of amides is 1. The summed E-state index contributed by atoms with van der Waals surface area (Å²) in [5, 5.41) is 19.3. The Labute approximate surface area is 113 Å². The molecule has 0 spiro atoms. The molecule has 0 aromatic heterocycles. The standard InChI is InChI=1S/C12H13FN2O5/c1-2-5-14(7-11(16)17)12(18)8-3-4-9(13)10(6-8)15(19)20/h3-4,6H,2,5,7H2,1H3,(H,16,17). The smallest absolute Gasteiger partial charge is 0.323 e. The van der Waals surface area contributed by atoms with Gasteiger partial charge in [0.05, 0.1) is 4.92 Å². The van der Waals surface area contributed by atoms with E-state index in [0.29, 0.717) is 6.42 Å². The van der Waals surface area contributed by atoms with E-state index >= 15 is 0 Å². The van der Waals surface area contributed by atoms with Crippen LogP contribution in [0.5, 0.6) is 0 Å². The Morgan fingerprint density at radius 1 is 1.45 bits per heavy atom. The van der Waals surface area contributed by atoms with Crippen LogP contribution in [0.15, 0.2) is 18.2 Å². The maximum Gasteiger partial charge on any atom is 0.323 e. The van der Waals surface area contributed by atoms with Crippen LogP contribution in [0, 0.1) is 15.9 Å². The Kier molecular flexibility index (Phi) is 5.13. The molecule has 1 amide bonds. The molecular formula is C12H13FN2O5. The molecule has 0 saturated carbocycles. The highest BCUT2D eigenvalue weighted by Gasteiger charge is 2.22. The lowest BCUT2D eigenvalue weighted by Crippen LogP contribution is -2.36. The van der Waals surface area contributed by atoms with Crippen LogP contribution in [0.4, 0.5) is 10.1 Å². The van der Waals surface area contributed by atoms with Gasteiger partial charge in [0.1, 0.15) is 6.54 Å². The van der Waals surface area contributed by atoms with Gasteiger partial charge in [-0.3, -0.25) is 19.7 Å². The molecule has 7 nitrogen and oxygen atoms in total. The number of rotatable bonds is 6. The first-order valence-electron chi connectivity index (χ1n) is 5.81. The summed E-state index contributed by atoms with van der Waals surface area (Å²) < 4.78 is 13.2. The van der Waals surface area contributed by atoms with Crippen molar-refractivity contribution in [2.24, 2.45) is 0 Å². The number of aliphatic carboxylic acids is 1. The lowest BCUT2D eigenvalue weighted by molar-refractivity contribution is -0.387. The second-order valence-electron chi connectivity index (χ2n) is 4.04. The third-order valence-electron chi connectivity index (χ3n) is 2.50. The molecule has 0 aliphatic heterocycles. The number of carbonyl (C=O) groups excluding carboxylic acids is 1. The highest BCUT2D eigenvalue weighted by Crippen LogP contribution is 2.19. The second-order valence-corrected chi connectivity index (χ2v) is 4.04. The van der Waals surface area contributed by atoms with E-state index < -0.39 is 34.8 Å². The Morgan fingerprint density at radius 3 is 2.60 bits per heavy atom. The highest BCUT2D eigenvalue weighted by atomic mass is 19.1. The van der Waals surface area contributed by atoms with E-state index in [1.807, 2.05) is 0 Å². The molecule has 0 saturated heterocycles. The van der Waals surface area contributed by atoms with Crippen molar-refractivity contribution < 1.29 is 24.0 Å². The van der Waals surface area contributed by atoms with Gasteiger partial charge in [-0.1, -0.05) is 6.92 Å². The van der Waals surface area contributed by atoms with Crippen molar-refractivity contribution in [3.05, 3.63) is 39.7 Å². The first kappa shape index (κ1) is 15.5. The minimum absolute atomic E-state index is 0.118. The van der Waals surface area contributed by atoms with Crippen LogP contribution >= 0.6 is 0 Å². The number of hydrogen-bond acceptors (Lipinski definition) is 4. The lowest BCUT2D eigenvalue weighted by Gasteiger charge is -2.19. The molecule has 0 fully saturated rings. The molecule has 0 aliphatic carbocycles. The average molecular weight is 284 g/mol. The summed E-state index contributed by atoms with van der Waals surface area (Å²) in [7, 11) is 0. The fourth-order valence-electron chi connectivity index (χ4n) is 1.65. The van der Waals surface area contributed by atoms with E-state index in [-0.39, 0.29) is 12.1 Å². The van der Waals surface area contributed by atoms with Crippen molar-refractivity contribution in [1.29, 1.82) is 0 Å². The average Bonchev–Trinajstić information content (AvgIpc) is 2.37. The summed E-state index contributed by atoms with van der Waals surface area (Å²) in [4.78, 5) is 33.5. The maximum atomic E-state index is 13.2. The SMILES string of the molecule is CCCN(CC(=O)O)C(=O)c1ccc(F)c([N+](=O)[O-])c1. The third kappa shape index (κ3) is 3.74. The van der Waals surface area contributed by atoms with Crippen molar-refractivity contribution in [2.75, 3.05) is 13.1 Å². The number of hydrogen-bond donors (Lipinski definition) is 1. The molecule has 0 atom stereocenters. The van der Waals surface area contributed by atoms with Crippen LogP contribution in [-0.2, 0) is 4.79 Å². The molecule has 0 unspecified atom stereocenters. The summed E-state index contributed by atoms with van der Waals surface area (Å²) in [6.07, 6.45) is 0.530. The number of halogens is 1. The number of benzene rings is 1. The van der Waals surface area contributed by atoms with Crippen LogP contribution in [0.2, 0.25) is 0 Å². The molecule has 1 rings (SSSR count). The molecule has 0 radical (unpaired) electrons. The van der Waals surface area contributed by atoms with Crippen LogP contribution in [0.1, 0.15) is 23.7 Å². The fourth-order valence-corrected chi connectivity index (χ4v) is 1.65. The van der Waals surface area contributed by atoms with Gasteiger partial charge in [0, 0.05) is 18.2 Å². The van der Waals surface area contributed by atoms with Crippen molar-refractivity contribution >= 4 is 17.6 Å². The normalized spacial score (nSPS) is 10.1. The van der Waals surface area contributed by atoms with Crippen LogP contribution in [-0.4, -0.2) is 39.9 Å². The summed E-state index contributed by atoms with van der Waals surface area (Å²) >= 11 is 0. The van der Waals surface area contributed by atoms with Crippen molar-refractivity contribution in [3.63, 3.8) is 0 Å². The largest absolute Gasteiger partial charge is 0.480 e. The fraction of sp³-hybridized carbons (Fsp3) is 0.333. The van der Waals surface area contributed by atoms with E-state index in [9.17, 15) is 24.1 Å². The molecule has 1 N–H and O–H groups in total. The molecule has 0 bridgehead atoms. The summed E-state index contributed by atoms with van der Waals surface area (Å²) in [5.41, 5.74) is -0.935. The number of carbonyl (C=O) groups is 2. The number of carboxylic acids is 1. The molecule has 0 heterocycles. The summed E-state index contributed by atoms with van der Waals surface area (Å²) in [6, 6.07) is 2.72. The molecule has 108 valence electrons. The molecule has 20 heavy (non-hydrogen) atoms. The third-order valence-corrected chi connectivity index (χ3v) is 2.50. The van der Waals surface area contributed by atoms with Crippen LogP contribution in [0.3, 0.4) is 0 Å². The van der Waals surface area contributed by atoms with Gasteiger partial charge in [0.2, 0.25) is 5.82 Å². The van der Waals surface area contributed by atoms with E-state index in [0.717, 1.165) is 23.1 Å². The number of nitro benzene ring substituents is 1. The topological polar surface area (TPSA) is 101 Å². The van der Waals surface area contributed by atoms with Gasteiger partial charge in [-0.25, -0.2) is 0 Å². The van der Waals surface area contributed by atoms with E-state index in [4.69, 9.17) is 5.11 Å². The zero-order valence-corrected chi connectivity index (χ0v) is 10.7. The molecule has 1 aromatic carbocycles. The molecule has 0 aliphatic rings. The molecular weight excluding hydrogens is 271 g/mol. The van der Waals surface area contributed by atoms with Gasteiger partial charge >= 0.3 is 11.7 Å². The Hall–Kier alpha value is -2.51. The van der Waals surface area contributed by atoms with Crippen LogP contribution in [0.25, 0.3) is 0 Å². The zero-order valence-electron chi connectivity index (χ0n) is 10.7. The van der Waals surface area contributed by atoms with E-state index in [1.165, 1.54) is 0 Å². The summed E-state index contributed by atoms with van der Waals surface area (Å²) in [5.74, 6) is -2.92. The van der Waals surface area contributed by atoms with Crippen molar-refractivity contribution in [3.8, 4) is 0 Å². The highest BCUT2D eigenvalue weighted by molar-refractivity contribution is 5.96. The number of carboxylic acid groups (broad SMARTS) is 1. The summed E-state index contributed by atoms with van der Waals surface area (Å²) in [6.45, 7) is 1.43. The lowest BCUT2D eigenvalue weighted by atomic mass is 10.1. The maximum absolute atomic E-state index is 13.2. The van der Waals surface area contributed by atoms with Gasteiger partial charge < -0.3 is 10.0 Å². The van der Waals surface area contributed by atoms with Crippen molar-refractivity contribution in [1.82, 2.24) is 4.90 Å². The molecule has 1 aromatic rings. The van der Waals surface area contributed by atoms with Crippen molar-refractivity contribution in [2.45, 2.75) is 13.3 Å². The van der Waals surface area contributed by atoms with Gasteiger partial charge in [0.25, 0.3) is 5.91 Å². The minimum Gasteiger partial charge on any atom is -0.480 e. The van der Waals surface area contributed by atoms with Crippen LogP contribution < -0.4 is 0 Å². The first-order chi connectivity index (χ1) is 9.36. The first-order valence-corrected chi connectivity index (χ1v) is 5.81. The van der Waals surface area contributed by atoms with Gasteiger partial charge in [-0.15, -0.1) is 0 Å². The zero-order chi connectivity index (χ0) is 15.3. The number of nitro groups is 1. The monoisotopic (exact) mass is 284 g/mol. The Bertz CT molecular complexity index is 547. The van der Waals surface area contributed by atoms with Gasteiger partial charge in [-0.05, 0) is 18.6 Å². The predicted molar refractivity (Wildman–Crippen MR) is 66.9 cm³/mol. The Morgan fingerprint density at radius 2 is 2.10 bits per heavy atom. The second kappa shape index (κ2) is 6.60. The van der Waals surface area contributed by atoms with E-state index in [2.05, 4.69) is 0 Å². The predicted octanol–water partition coefficient (Wildman–Crippen LogP) is 1.67. The quantitative estimate of drug-likeness (QED) is 0.632. The van der Waals surface area contributed by atoms with Gasteiger partial charge in [-0.2, -0.15) is 4.39 Å². The number of nitrogens with zero attached hydrogens (tertiary/aromatic N) is 2. The molecule has 8 heteroatoms. The van der Waals surface area contributed by atoms with E-state index in [1.54, 1.807) is 6.92 Å².